The third-order valence-corrected chi connectivity index (χ3v) is 3.59. The maximum absolute atomic E-state index is 6.11. The van der Waals surface area contributed by atoms with Crippen LogP contribution in [0.25, 0.3) is 0 Å². The average Bonchev–Trinajstić information content (AvgIpc) is 2.40. The van der Waals surface area contributed by atoms with Gasteiger partial charge in [0.1, 0.15) is 0 Å². The summed E-state index contributed by atoms with van der Waals surface area (Å²) in [6.07, 6.45) is 5.42. The molecule has 2 aliphatic rings. The summed E-state index contributed by atoms with van der Waals surface area (Å²) in [7, 11) is 1.83. The number of methoxy groups -OCH3 is 1. The molecule has 2 unspecified atom stereocenters. The van der Waals surface area contributed by atoms with Gasteiger partial charge in [-0.15, -0.1) is 0 Å². The molecule has 4 atom stereocenters. The van der Waals surface area contributed by atoms with Gasteiger partial charge in [-0.3, -0.25) is 0 Å². The Bertz CT molecular complexity index is 163. The fraction of sp³-hybridized carbons (Fsp3) is 1.00. The normalized spacial score (nSPS) is 52.8. The summed E-state index contributed by atoms with van der Waals surface area (Å²) in [4.78, 5) is 0. The predicted octanol–water partition coefficient (Wildman–Crippen LogP) is 1.54. The first kappa shape index (κ1) is 8.52. The van der Waals surface area contributed by atoms with Gasteiger partial charge in [0.15, 0.2) is 0 Å². The van der Waals surface area contributed by atoms with Gasteiger partial charge in [-0.05, 0) is 44.4 Å². The molecule has 2 fully saturated rings. The molecule has 2 rings (SSSR count). The van der Waals surface area contributed by atoms with Gasteiger partial charge in [-0.2, -0.15) is 0 Å². The molecule has 0 aliphatic heterocycles. The van der Waals surface area contributed by atoms with E-state index in [-0.39, 0.29) is 5.54 Å². The molecule has 0 radical (unpaired) electrons. The fourth-order valence-corrected chi connectivity index (χ4v) is 3.13. The molecule has 2 aliphatic carbocycles. The number of rotatable bonds is 1. The lowest BCUT2D eigenvalue weighted by Gasteiger charge is -2.19. The van der Waals surface area contributed by atoms with Crippen LogP contribution in [0.2, 0.25) is 0 Å². The first-order valence-corrected chi connectivity index (χ1v) is 4.92. The van der Waals surface area contributed by atoms with Gasteiger partial charge in [0, 0.05) is 12.6 Å². The Morgan fingerprint density at radius 2 is 1.75 bits per heavy atom. The van der Waals surface area contributed by atoms with Crippen LogP contribution in [0.5, 0.6) is 0 Å². The van der Waals surface area contributed by atoms with E-state index in [4.69, 9.17) is 10.5 Å². The molecule has 0 spiro atoms. The van der Waals surface area contributed by atoms with Gasteiger partial charge in [0.25, 0.3) is 0 Å². The van der Waals surface area contributed by atoms with Gasteiger partial charge >= 0.3 is 0 Å². The molecule has 0 aromatic carbocycles. The molecule has 2 heteroatoms. The maximum Gasteiger partial charge on any atom is 0.0576 e. The summed E-state index contributed by atoms with van der Waals surface area (Å²) in [6, 6.07) is 0. The quantitative estimate of drug-likeness (QED) is 0.646. The second-order valence-corrected chi connectivity index (χ2v) is 4.91. The molecule has 0 aromatic heterocycles. The number of hydrogen-bond acceptors (Lipinski definition) is 2. The van der Waals surface area contributed by atoms with Crippen LogP contribution in [0.3, 0.4) is 0 Å². The third-order valence-electron chi connectivity index (χ3n) is 3.59. The highest BCUT2D eigenvalue weighted by Crippen LogP contribution is 2.48. The third kappa shape index (κ3) is 1.38. The Hall–Kier alpha value is -0.0800. The van der Waals surface area contributed by atoms with E-state index < -0.39 is 0 Å². The van der Waals surface area contributed by atoms with Crippen molar-refractivity contribution in [2.75, 3.05) is 7.11 Å². The molecule has 2 nitrogen and oxygen atoms in total. The second kappa shape index (κ2) is 2.71. The molecule has 0 saturated heterocycles. The number of nitrogens with two attached hydrogens (primary N) is 1. The number of fused-ring (bicyclic) bond motifs is 1. The van der Waals surface area contributed by atoms with E-state index in [0.717, 1.165) is 11.8 Å². The molecule has 0 heterocycles. The summed E-state index contributed by atoms with van der Waals surface area (Å²) >= 11 is 0. The molecule has 70 valence electrons. The summed E-state index contributed by atoms with van der Waals surface area (Å²) < 4.78 is 5.37. The van der Waals surface area contributed by atoms with Crippen LogP contribution in [-0.2, 0) is 4.74 Å². The fourth-order valence-electron chi connectivity index (χ4n) is 3.13. The molecule has 2 N–H and O–H groups in total. The Morgan fingerprint density at radius 3 is 2.17 bits per heavy atom. The smallest absolute Gasteiger partial charge is 0.0576 e. The summed E-state index contributed by atoms with van der Waals surface area (Å²) in [5.41, 5.74) is 6.23. The molecular weight excluding hydrogens is 150 g/mol. The minimum absolute atomic E-state index is 0.119. The van der Waals surface area contributed by atoms with E-state index in [2.05, 4.69) is 6.92 Å². The van der Waals surface area contributed by atoms with Crippen molar-refractivity contribution in [3.8, 4) is 0 Å². The van der Waals surface area contributed by atoms with E-state index in [1.54, 1.807) is 0 Å². The van der Waals surface area contributed by atoms with Crippen molar-refractivity contribution < 1.29 is 4.74 Å². The van der Waals surface area contributed by atoms with Crippen LogP contribution in [0, 0.1) is 11.8 Å². The van der Waals surface area contributed by atoms with Gasteiger partial charge < -0.3 is 10.5 Å². The monoisotopic (exact) mass is 169 g/mol. The first-order chi connectivity index (χ1) is 5.61. The van der Waals surface area contributed by atoms with Crippen LogP contribution in [-0.4, -0.2) is 18.8 Å². The molecule has 0 amide bonds. The summed E-state index contributed by atoms with van der Waals surface area (Å²) in [5.74, 6) is 1.70. The number of ether oxygens (including phenoxy) is 1. The molecule has 0 aromatic rings. The topological polar surface area (TPSA) is 35.2 Å². The van der Waals surface area contributed by atoms with Crippen LogP contribution >= 0.6 is 0 Å². The van der Waals surface area contributed by atoms with Crippen molar-refractivity contribution in [2.45, 2.75) is 44.2 Å². The van der Waals surface area contributed by atoms with Gasteiger partial charge in [0.2, 0.25) is 0 Å². The van der Waals surface area contributed by atoms with Crippen molar-refractivity contribution in [3.63, 3.8) is 0 Å². The highest BCUT2D eigenvalue weighted by molar-refractivity contribution is 5.00. The lowest BCUT2D eigenvalue weighted by atomic mass is 9.97. The summed E-state index contributed by atoms with van der Waals surface area (Å²) in [6.45, 7) is 2.19. The Kier molecular flexibility index (Phi) is 1.92. The van der Waals surface area contributed by atoms with Crippen molar-refractivity contribution in [1.82, 2.24) is 0 Å². The van der Waals surface area contributed by atoms with Crippen LogP contribution in [0.15, 0.2) is 0 Å². The molecule has 12 heavy (non-hydrogen) atoms. The van der Waals surface area contributed by atoms with Crippen molar-refractivity contribution >= 4 is 0 Å². The minimum Gasteiger partial charge on any atom is -0.381 e. The van der Waals surface area contributed by atoms with E-state index >= 15 is 0 Å². The Labute approximate surface area is 74.5 Å². The van der Waals surface area contributed by atoms with Gasteiger partial charge in [-0.25, -0.2) is 0 Å². The molecular formula is C10H19NO. The van der Waals surface area contributed by atoms with E-state index in [1.807, 2.05) is 7.11 Å². The van der Waals surface area contributed by atoms with Crippen molar-refractivity contribution in [2.24, 2.45) is 17.6 Å². The zero-order valence-corrected chi connectivity index (χ0v) is 8.05. The lowest BCUT2D eigenvalue weighted by Crippen LogP contribution is -2.33. The standard InChI is InChI=1S/C10H19NO/c1-10(11)5-7-3-9(12-2)4-8(7)6-10/h7-9H,3-6,11H2,1-2H3/t7-,8+,9?,10?. The second-order valence-electron chi connectivity index (χ2n) is 4.91. The SMILES string of the molecule is COC1C[C@@H]2CC(C)(N)C[C@@H]2C1. The Morgan fingerprint density at radius 1 is 1.25 bits per heavy atom. The minimum atomic E-state index is 0.119. The van der Waals surface area contributed by atoms with Crippen LogP contribution < -0.4 is 5.73 Å². The largest absolute Gasteiger partial charge is 0.381 e. The lowest BCUT2D eigenvalue weighted by molar-refractivity contribution is 0.0990. The molecule has 2 saturated carbocycles. The van der Waals surface area contributed by atoms with Crippen molar-refractivity contribution in [3.05, 3.63) is 0 Å². The highest BCUT2D eigenvalue weighted by Gasteiger charge is 2.45. The van der Waals surface area contributed by atoms with Gasteiger partial charge in [-0.1, -0.05) is 0 Å². The summed E-state index contributed by atoms with van der Waals surface area (Å²) in [5, 5.41) is 0. The van der Waals surface area contributed by atoms with E-state index in [9.17, 15) is 0 Å². The van der Waals surface area contributed by atoms with Crippen molar-refractivity contribution in [1.29, 1.82) is 0 Å². The van der Waals surface area contributed by atoms with Crippen LogP contribution in [0.4, 0.5) is 0 Å². The van der Waals surface area contributed by atoms with Crippen LogP contribution in [0.1, 0.15) is 32.6 Å². The zero-order valence-electron chi connectivity index (χ0n) is 8.05. The highest BCUT2D eigenvalue weighted by atomic mass is 16.5. The zero-order chi connectivity index (χ0) is 8.77. The van der Waals surface area contributed by atoms with E-state index in [1.165, 1.54) is 25.7 Å². The molecule has 0 bridgehead atoms. The average molecular weight is 169 g/mol. The number of hydrogen-bond donors (Lipinski definition) is 1. The Balaban J connectivity index is 1.97. The van der Waals surface area contributed by atoms with Gasteiger partial charge in [0.05, 0.1) is 6.10 Å². The van der Waals surface area contributed by atoms with E-state index in [0.29, 0.717) is 6.10 Å². The first-order valence-electron chi connectivity index (χ1n) is 4.92. The maximum atomic E-state index is 6.11. The predicted molar refractivity (Wildman–Crippen MR) is 48.8 cm³/mol.